The summed E-state index contributed by atoms with van der Waals surface area (Å²) in [6.45, 7) is 1.31. The van der Waals surface area contributed by atoms with Crippen molar-refractivity contribution in [2.24, 2.45) is 0 Å². The molecular formula is C24H20N4O2S. The minimum absolute atomic E-state index is 0.238. The number of aromatic nitrogens is 3. The molecule has 1 N–H and O–H groups in total. The first kappa shape index (κ1) is 19.4. The third-order valence-corrected chi connectivity index (χ3v) is 6.04. The van der Waals surface area contributed by atoms with Crippen molar-refractivity contribution in [3.8, 4) is 10.7 Å². The average molecular weight is 429 g/mol. The molecule has 3 aromatic heterocycles. The van der Waals surface area contributed by atoms with Gasteiger partial charge in [0.15, 0.2) is 0 Å². The minimum atomic E-state index is -0.238. The van der Waals surface area contributed by atoms with E-state index in [1.807, 2.05) is 42.5 Å². The lowest BCUT2D eigenvalue weighted by Crippen LogP contribution is -2.12. The first-order valence-corrected chi connectivity index (χ1v) is 10.8. The van der Waals surface area contributed by atoms with Crippen LogP contribution in [0.1, 0.15) is 10.5 Å². The number of hydrogen-bond donors (Lipinski definition) is 1. The first-order valence-electron chi connectivity index (χ1n) is 9.93. The van der Waals surface area contributed by atoms with Gasteiger partial charge in [0.1, 0.15) is 10.7 Å². The van der Waals surface area contributed by atoms with Crippen LogP contribution in [-0.4, -0.2) is 34.2 Å². The highest BCUT2D eigenvalue weighted by atomic mass is 32.1. The summed E-state index contributed by atoms with van der Waals surface area (Å²) in [6, 6.07) is 19.8. The monoisotopic (exact) mass is 428 g/mol. The molecule has 0 radical (unpaired) electrons. The smallest absolute Gasteiger partial charge is 0.275 e. The van der Waals surface area contributed by atoms with E-state index in [1.165, 1.54) is 11.3 Å². The van der Waals surface area contributed by atoms with Gasteiger partial charge in [0.05, 0.1) is 23.5 Å². The zero-order chi connectivity index (χ0) is 21.2. The predicted octanol–water partition coefficient (Wildman–Crippen LogP) is 5.21. The van der Waals surface area contributed by atoms with Crippen molar-refractivity contribution < 1.29 is 9.53 Å². The number of pyridine rings is 1. The number of nitrogens with zero attached hydrogens (tertiary/aromatic N) is 3. The molecule has 31 heavy (non-hydrogen) atoms. The quantitative estimate of drug-likeness (QED) is 0.403. The number of carbonyl (C=O) groups excluding carboxylic acids is 1. The van der Waals surface area contributed by atoms with E-state index in [1.54, 1.807) is 18.7 Å². The third-order valence-electron chi connectivity index (χ3n) is 5.18. The normalized spacial score (nSPS) is 11.3. The summed E-state index contributed by atoms with van der Waals surface area (Å²) in [5.74, 6) is -0.238. The summed E-state index contributed by atoms with van der Waals surface area (Å²) in [4.78, 5) is 21.9. The molecule has 0 aliphatic carbocycles. The lowest BCUT2D eigenvalue weighted by atomic mass is 10.2. The van der Waals surface area contributed by atoms with Gasteiger partial charge in [0.25, 0.3) is 5.91 Å². The standard InChI is InChI=1S/C24H20N4O2S/c1-30-13-12-28-21-10-3-2-6-16(21)14-22(28)24-27-20(15-31-24)23(29)26-19-9-4-8-18-17(19)7-5-11-25-18/h2-11,14-15H,12-13H2,1H3,(H,26,29). The molecule has 0 fully saturated rings. The fourth-order valence-electron chi connectivity index (χ4n) is 3.71. The maximum atomic E-state index is 12.9. The molecule has 0 saturated carbocycles. The van der Waals surface area contributed by atoms with Crippen LogP contribution in [0.4, 0.5) is 5.69 Å². The molecule has 3 heterocycles. The van der Waals surface area contributed by atoms with Crippen molar-refractivity contribution in [1.82, 2.24) is 14.5 Å². The topological polar surface area (TPSA) is 69.0 Å². The van der Waals surface area contributed by atoms with Crippen LogP contribution in [0.2, 0.25) is 0 Å². The molecular weight excluding hydrogens is 408 g/mol. The van der Waals surface area contributed by atoms with E-state index in [9.17, 15) is 4.79 Å². The van der Waals surface area contributed by atoms with Crippen LogP contribution in [-0.2, 0) is 11.3 Å². The van der Waals surface area contributed by atoms with Gasteiger partial charge in [-0.25, -0.2) is 4.98 Å². The summed E-state index contributed by atoms with van der Waals surface area (Å²) >= 11 is 1.46. The van der Waals surface area contributed by atoms with E-state index in [2.05, 4.69) is 38.1 Å². The van der Waals surface area contributed by atoms with Crippen LogP contribution in [0.25, 0.3) is 32.5 Å². The Morgan fingerprint density at radius 2 is 2.03 bits per heavy atom. The SMILES string of the molecule is COCCn1c(-c2nc(C(=O)Nc3cccc4ncccc34)cs2)cc2ccccc21. The summed E-state index contributed by atoms with van der Waals surface area (Å²) in [5, 5.41) is 7.61. The number of hydrogen-bond acceptors (Lipinski definition) is 5. The van der Waals surface area contributed by atoms with Crippen molar-refractivity contribution >= 4 is 44.7 Å². The summed E-state index contributed by atoms with van der Waals surface area (Å²) in [6.07, 6.45) is 1.74. The van der Waals surface area contributed by atoms with Crippen LogP contribution in [0, 0.1) is 0 Å². The lowest BCUT2D eigenvalue weighted by Gasteiger charge is -2.08. The second kappa shape index (κ2) is 8.29. The van der Waals surface area contributed by atoms with Crippen molar-refractivity contribution in [2.45, 2.75) is 6.54 Å². The van der Waals surface area contributed by atoms with Gasteiger partial charge in [0.2, 0.25) is 0 Å². The third kappa shape index (κ3) is 3.69. The molecule has 0 aliphatic rings. The van der Waals surface area contributed by atoms with E-state index >= 15 is 0 Å². The van der Waals surface area contributed by atoms with Crippen LogP contribution >= 0.6 is 11.3 Å². The zero-order valence-corrected chi connectivity index (χ0v) is 17.7. The average Bonchev–Trinajstić information content (AvgIpc) is 3.43. The van der Waals surface area contributed by atoms with Crippen LogP contribution in [0.5, 0.6) is 0 Å². The van der Waals surface area contributed by atoms with E-state index < -0.39 is 0 Å². The number of thiazole rings is 1. The van der Waals surface area contributed by atoms with E-state index in [0.29, 0.717) is 18.8 Å². The van der Waals surface area contributed by atoms with Gasteiger partial charge in [-0.15, -0.1) is 11.3 Å². The number of benzene rings is 2. The highest BCUT2D eigenvalue weighted by Crippen LogP contribution is 2.31. The zero-order valence-electron chi connectivity index (χ0n) is 16.9. The van der Waals surface area contributed by atoms with Crippen molar-refractivity contribution in [1.29, 1.82) is 0 Å². The number of amides is 1. The van der Waals surface area contributed by atoms with Crippen molar-refractivity contribution in [3.63, 3.8) is 0 Å². The van der Waals surface area contributed by atoms with Crippen LogP contribution < -0.4 is 5.32 Å². The van der Waals surface area contributed by atoms with Gasteiger partial charge in [-0.05, 0) is 36.4 Å². The molecule has 0 spiro atoms. The van der Waals surface area contributed by atoms with Crippen LogP contribution in [0.15, 0.2) is 72.2 Å². The van der Waals surface area contributed by atoms with Gasteiger partial charge < -0.3 is 14.6 Å². The number of para-hydroxylation sites is 1. The van der Waals surface area contributed by atoms with Gasteiger partial charge in [0, 0.05) is 41.5 Å². The number of rotatable bonds is 6. The van der Waals surface area contributed by atoms with E-state index in [0.717, 1.165) is 38.2 Å². The van der Waals surface area contributed by atoms with Gasteiger partial charge in [-0.1, -0.05) is 24.3 Å². The number of methoxy groups -OCH3 is 1. The fourth-order valence-corrected chi connectivity index (χ4v) is 4.53. The van der Waals surface area contributed by atoms with Gasteiger partial charge in [-0.2, -0.15) is 0 Å². The van der Waals surface area contributed by atoms with Crippen molar-refractivity contribution in [2.75, 3.05) is 19.0 Å². The molecule has 6 nitrogen and oxygen atoms in total. The second-order valence-electron chi connectivity index (χ2n) is 7.10. The highest BCUT2D eigenvalue weighted by Gasteiger charge is 2.17. The molecule has 5 rings (SSSR count). The predicted molar refractivity (Wildman–Crippen MR) is 125 cm³/mol. The Bertz CT molecular complexity index is 1380. The Morgan fingerprint density at radius 1 is 1.13 bits per heavy atom. The summed E-state index contributed by atoms with van der Waals surface area (Å²) in [7, 11) is 1.69. The molecule has 7 heteroatoms. The maximum absolute atomic E-state index is 12.9. The van der Waals surface area contributed by atoms with Crippen molar-refractivity contribution in [3.05, 3.63) is 77.9 Å². The first-order chi connectivity index (χ1) is 15.2. The van der Waals surface area contributed by atoms with Crippen LogP contribution in [0.3, 0.4) is 0 Å². The summed E-state index contributed by atoms with van der Waals surface area (Å²) < 4.78 is 7.48. The molecule has 2 aromatic carbocycles. The summed E-state index contributed by atoms with van der Waals surface area (Å²) in [5.41, 5.74) is 4.06. The van der Waals surface area contributed by atoms with Gasteiger partial charge >= 0.3 is 0 Å². The minimum Gasteiger partial charge on any atom is -0.383 e. The Kier molecular flexibility index (Phi) is 5.19. The second-order valence-corrected chi connectivity index (χ2v) is 7.96. The molecule has 0 atom stereocenters. The number of ether oxygens (including phenoxy) is 1. The Hall–Kier alpha value is -3.55. The molecule has 0 saturated heterocycles. The fraction of sp³-hybridized carbons (Fsp3) is 0.125. The number of carbonyl (C=O) groups is 1. The largest absolute Gasteiger partial charge is 0.383 e. The number of fused-ring (bicyclic) bond motifs is 2. The van der Waals surface area contributed by atoms with E-state index in [4.69, 9.17) is 4.74 Å². The Labute approximate surface area is 183 Å². The Morgan fingerprint density at radius 3 is 2.94 bits per heavy atom. The lowest BCUT2D eigenvalue weighted by molar-refractivity contribution is 0.102. The number of anilines is 1. The molecule has 0 bridgehead atoms. The molecule has 0 aliphatic heterocycles. The number of nitrogens with one attached hydrogen (secondary N) is 1. The van der Waals surface area contributed by atoms with Gasteiger partial charge in [-0.3, -0.25) is 9.78 Å². The van der Waals surface area contributed by atoms with E-state index in [-0.39, 0.29) is 5.91 Å². The molecule has 154 valence electrons. The Balaban J connectivity index is 1.47. The molecule has 0 unspecified atom stereocenters. The molecule has 5 aromatic rings. The highest BCUT2D eigenvalue weighted by molar-refractivity contribution is 7.13. The maximum Gasteiger partial charge on any atom is 0.275 e. The molecule has 1 amide bonds.